The number of rotatable bonds is 5. The zero-order chi connectivity index (χ0) is 40.9. The minimum Gasteiger partial charge on any atom is -0.440 e. The summed E-state index contributed by atoms with van der Waals surface area (Å²) in [7, 11) is 0. The average molecular weight is 794 g/mol. The van der Waals surface area contributed by atoms with Gasteiger partial charge in [-0.05, 0) is 113 Å². The molecule has 9 aromatic carbocycles. The molecule has 1 spiro atoms. The molecule has 0 saturated carbocycles. The van der Waals surface area contributed by atoms with E-state index in [0.717, 1.165) is 50.7 Å². The van der Waals surface area contributed by atoms with Crippen LogP contribution in [0.25, 0.3) is 49.6 Å². The number of hydrogen-bond acceptors (Lipinski definition) is 3. The number of para-hydroxylation sites is 5. The minimum absolute atomic E-state index is 0.451. The van der Waals surface area contributed by atoms with E-state index >= 15 is 0 Å². The van der Waals surface area contributed by atoms with Crippen LogP contribution in [-0.2, 0) is 5.41 Å². The van der Waals surface area contributed by atoms with Gasteiger partial charge in [0.1, 0.15) is 5.58 Å². The first kappa shape index (κ1) is 34.8. The lowest BCUT2D eigenvalue weighted by Crippen LogP contribution is -2.36. The van der Waals surface area contributed by atoms with Crippen LogP contribution in [0, 0.1) is 6.92 Å². The van der Waals surface area contributed by atoms with Gasteiger partial charge in [-0.2, -0.15) is 0 Å². The standard InChI is InChI=1S/C58H39N3O/c1-38-43-19-8-16-30-56(43)62-57(38)59(42-35-36-47-46-22-7-13-27-52(46)60(55(47)37-42)39-17-3-2-4-18-39)40-31-33-41(34-32-40)61-53-28-14-11-25-50(53)58(51-26-12-15-29-54(51)61)48-23-9-5-20-44(48)45-21-6-10-24-49(45)58/h2-37H,1H3. The van der Waals surface area contributed by atoms with Gasteiger partial charge >= 0.3 is 0 Å². The predicted molar refractivity (Wildman–Crippen MR) is 256 cm³/mol. The first-order valence-corrected chi connectivity index (χ1v) is 21.4. The first-order chi connectivity index (χ1) is 30.7. The van der Waals surface area contributed by atoms with Gasteiger partial charge in [-0.25, -0.2) is 0 Å². The molecule has 0 amide bonds. The van der Waals surface area contributed by atoms with Gasteiger partial charge in [0.15, 0.2) is 0 Å². The Morgan fingerprint density at radius 2 is 0.952 bits per heavy atom. The van der Waals surface area contributed by atoms with Crippen molar-refractivity contribution in [1.29, 1.82) is 0 Å². The first-order valence-electron chi connectivity index (χ1n) is 21.4. The highest BCUT2D eigenvalue weighted by atomic mass is 16.4. The number of furan rings is 1. The second-order valence-electron chi connectivity index (χ2n) is 16.5. The molecule has 62 heavy (non-hydrogen) atoms. The van der Waals surface area contributed by atoms with Crippen LogP contribution >= 0.6 is 0 Å². The molecule has 4 nitrogen and oxygen atoms in total. The van der Waals surface area contributed by atoms with Crippen molar-refractivity contribution in [1.82, 2.24) is 4.57 Å². The molecule has 4 heteroatoms. The van der Waals surface area contributed by atoms with Crippen LogP contribution in [0.3, 0.4) is 0 Å². The summed E-state index contributed by atoms with van der Waals surface area (Å²) >= 11 is 0. The van der Waals surface area contributed by atoms with Crippen molar-refractivity contribution >= 4 is 67.1 Å². The molecule has 0 saturated heterocycles. The van der Waals surface area contributed by atoms with Crippen molar-refractivity contribution in [3.63, 3.8) is 0 Å². The fourth-order valence-electron chi connectivity index (χ4n) is 10.8. The molecule has 1 aliphatic carbocycles. The number of nitrogens with zero attached hydrogens (tertiary/aromatic N) is 3. The maximum absolute atomic E-state index is 6.81. The topological polar surface area (TPSA) is 24.6 Å². The maximum atomic E-state index is 6.81. The molecular formula is C58H39N3O. The van der Waals surface area contributed by atoms with Crippen LogP contribution in [-0.4, -0.2) is 4.57 Å². The van der Waals surface area contributed by atoms with Gasteiger partial charge in [0.25, 0.3) is 0 Å². The van der Waals surface area contributed by atoms with Gasteiger partial charge in [0, 0.05) is 38.8 Å². The highest BCUT2D eigenvalue weighted by Gasteiger charge is 2.51. The Balaban J connectivity index is 1.00. The van der Waals surface area contributed by atoms with Gasteiger partial charge in [-0.1, -0.05) is 146 Å². The van der Waals surface area contributed by atoms with E-state index in [4.69, 9.17) is 4.42 Å². The SMILES string of the molecule is Cc1c(N(c2ccc(N3c4ccccc4C4(c5ccccc5-c5ccccc54)c4ccccc43)cc2)c2ccc3c4ccccc4n(-c4ccccc4)c3c2)oc2ccccc12. The Labute approximate surface area is 359 Å². The van der Waals surface area contributed by atoms with Crippen LogP contribution in [0.2, 0.25) is 0 Å². The van der Waals surface area contributed by atoms with Crippen LogP contribution in [0.4, 0.5) is 34.3 Å². The van der Waals surface area contributed by atoms with E-state index in [1.54, 1.807) is 0 Å². The largest absolute Gasteiger partial charge is 0.440 e. The van der Waals surface area contributed by atoms with Crippen molar-refractivity contribution < 1.29 is 4.42 Å². The van der Waals surface area contributed by atoms with Gasteiger partial charge in [-0.3, -0.25) is 4.90 Å². The van der Waals surface area contributed by atoms with Crippen molar-refractivity contribution in [3.8, 4) is 16.8 Å². The summed E-state index contributed by atoms with van der Waals surface area (Å²) in [6.07, 6.45) is 0. The lowest BCUT2D eigenvalue weighted by Gasteiger charge is -2.45. The van der Waals surface area contributed by atoms with Crippen LogP contribution in [0.5, 0.6) is 0 Å². The van der Waals surface area contributed by atoms with E-state index in [-0.39, 0.29) is 0 Å². The zero-order valence-corrected chi connectivity index (χ0v) is 34.0. The van der Waals surface area contributed by atoms with E-state index < -0.39 is 5.41 Å². The molecule has 0 unspecified atom stereocenters. The summed E-state index contributed by atoms with van der Waals surface area (Å²) in [5.41, 5.74) is 18.2. The lowest BCUT2D eigenvalue weighted by atomic mass is 9.64. The van der Waals surface area contributed by atoms with Gasteiger partial charge in [0.2, 0.25) is 5.88 Å². The molecule has 0 atom stereocenters. The second-order valence-corrected chi connectivity index (χ2v) is 16.5. The number of benzene rings is 9. The number of aryl methyl sites for hydroxylation is 1. The molecular weight excluding hydrogens is 755 g/mol. The predicted octanol–water partition coefficient (Wildman–Crippen LogP) is 15.5. The van der Waals surface area contributed by atoms with Gasteiger partial charge < -0.3 is 13.9 Å². The molecule has 0 radical (unpaired) electrons. The monoisotopic (exact) mass is 793 g/mol. The molecule has 2 aromatic heterocycles. The second kappa shape index (κ2) is 13.2. The van der Waals surface area contributed by atoms with Crippen molar-refractivity contribution in [2.24, 2.45) is 0 Å². The fourth-order valence-corrected chi connectivity index (χ4v) is 10.8. The Morgan fingerprint density at radius 1 is 0.419 bits per heavy atom. The molecule has 13 rings (SSSR count). The third-order valence-electron chi connectivity index (χ3n) is 13.4. The highest BCUT2D eigenvalue weighted by molar-refractivity contribution is 6.10. The maximum Gasteiger partial charge on any atom is 0.208 e. The summed E-state index contributed by atoms with van der Waals surface area (Å²) in [5, 5.41) is 3.54. The minimum atomic E-state index is -0.451. The summed E-state index contributed by atoms with van der Waals surface area (Å²) in [4.78, 5) is 4.73. The van der Waals surface area contributed by atoms with E-state index in [1.165, 1.54) is 61.0 Å². The van der Waals surface area contributed by atoms with Crippen LogP contribution in [0.1, 0.15) is 27.8 Å². The summed E-state index contributed by atoms with van der Waals surface area (Å²) < 4.78 is 9.19. The van der Waals surface area contributed by atoms with Crippen LogP contribution < -0.4 is 9.80 Å². The molecule has 0 N–H and O–H groups in total. The Hall–Kier alpha value is -8.08. The zero-order valence-electron chi connectivity index (χ0n) is 34.0. The average Bonchev–Trinajstić information content (AvgIpc) is 3.95. The smallest absolute Gasteiger partial charge is 0.208 e. The molecule has 2 aliphatic rings. The molecule has 292 valence electrons. The molecule has 1 aliphatic heterocycles. The van der Waals surface area contributed by atoms with Gasteiger partial charge in [-0.15, -0.1) is 0 Å². The molecule has 11 aromatic rings. The summed E-state index contributed by atoms with van der Waals surface area (Å²) in [5.74, 6) is 0.801. The Kier molecular flexibility index (Phi) is 7.40. The quantitative estimate of drug-likeness (QED) is 0.173. The summed E-state index contributed by atoms with van der Waals surface area (Å²) in [6, 6.07) is 79.4. The Morgan fingerprint density at radius 3 is 1.63 bits per heavy atom. The van der Waals surface area contributed by atoms with E-state index in [1.807, 2.05) is 6.07 Å². The lowest BCUT2D eigenvalue weighted by molar-refractivity contribution is 0.618. The van der Waals surface area contributed by atoms with E-state index in [9.17, 15) is 0 Å². The van der Waals surface area contributed by atoms with E-state index in [2.05, 4.69) is 234 Å². The number of aromatic nitrogens is 1. The number of anilines is 6. The van der Waals surface area contributed by atoms with Crippen molar-refractivity contribution in [2.45, 2.75) is 12.3 Å². The molecule has 0 fully saturated rings. The third kappa shape index (κ3) is 4.72. The normalized spacial score (nSPS) is 13.3. The summed E-state index contributed by atoms with van der Waals surface area (Å²) in [6.45, 7) is 2.17. The third-order valence-corrected chi connectivity index (χ3v) is 13.4. The molecule has 0 bridgehead atoms. The number of fused-ring (bicyclic) bond motifs is 13. The highest BCUT2D eigenvalue weighted by Crippen LogP contribution is 2.63. The van der Waals surface area contributed by atoms with E-state index in [0.29, 0.717) is 0 Å². The Bertz CT molecular complexity index is 3460. The van der Waals surface area contributed by atoms with Crippen molar-refractivity contribution in [2.75, 3.05) is 9.80 Å². The number of hydrogen-bond donors (Lipinski definition) is 0. The van der Waals surface area contributed by atoms with Crippen molar-refractivity contribution in [3.05, 3.63) is 246 Å². The fraction of sp³-hybridized carbons (Fsp3) is 0.0345. The van der Waals surface area contributed by atoms with Gasteiger partial charge in [0.05, 0.1) is 33.5 Å². The van der Waals surface area contributed by atoms with Crippen LogP contribution in [0.15, 0.2) is 223 Å². The molecule has 3 heterocycles.